The first-order chi connectivity index (χ1) is 8.27. The second-order valence-corrected chi connectivity index (χ2v) is 6.42. The number of amides is 2. The van der Waals surface area contributed by atoms with Gasteiger partial charge in [-0.15, -0.1) is 11.8 Å². The molecule has 1 aliphatic rings. The normalized spacial score (nSPS) is 25.3. The molecule has 1 rings (SSSR count). The Hall–Kier alpha value is -0.910. The van der Waals surface area contributed by atoms with E-state index in [9.17, 15) is 9.59 Å². The predicted molar refractivity (Wildman–Crippen MR) is 72.6 cm³/mol. The fraction of sp³-hybridized carbons (Fsp3) is 0.833. The van der Waals surface area contributed by atoms with Crippen molar-refractivity contribution < 1.29 is 14.7 Å². The maximum atomic E-state index is 12.4. The number of aliphatic carboxylic acids is 1. The van der Waals surface area contributed by atoms with Crippen LogP contribution in [0.15, 0.2) is 0 Å². The van der Waals surface area contributed by atoms with Gasteiger partial charge in [0.1, 0.15) is 6.04 Å². The SMILES string of the molecule is CC(C)C(C)N(C)C(=O)N1C(C)SCC1C(=O)O. The molecule has 3 atom stereocenters. The van der Waals surface area contributed by atoms with E-state index >= 15 is 0 Å². The largest absolute Gasteiger partial charge is 0.480 e. The number of hydrogen-bond acceptors (Lipinski definition) is 3. The third-order valence-electron chi connectivity index (χ3n) is 3.61. The minimum atomic E-state index is -0.925. The van der Waals surface area contributed by atoms with Crippen molar-refractivity contribution in [2.75, 3.05) is 12.8 Å². The van der Waals surface area contributed by atoms with Crippen LogP contribution in [0, 0.1) is 5.92 Å². The molecule has 0 aromatic heterocycles. The second kappa shape index (κ2) is 5.82. The van der Waals surface area contributed by atoms with Crippen LogP contribution < -0.4 is 0 Å². The van der Waals surface area contributed by atoms with E-state index in [2.05, 4.69) is 0 Å². The third kappa shape index (κ3) is 2.91. The van der Waals surface area contributed by atoms with E-state index in [1.54, 1.807) is 11.9 Å². The highest BCUT2D eigenvalue weighted by molar-refractivity contribution is 8.00. The van der Waals surface area contributed by atoms with Gasteiger partial charge >= 0.3 is 12.0 Å². The Kier molecular flexibility index (Phi) is 4.90. The van der Waals surface area contributed by atoms with Crippen molar-refractivity contribution in [3.05, 3.63) is 0 Å². The minimum Gasteiger partial charge on any atom is -0.480 e. The second-order valence-electron chi connectivity index (χ2n) is 5.07. The highest BCUT2D eigenvalue weighted by Gasteiger charge is 2.41. The van der Waals surface area contributed by atoms with Crippen LogP contribution in [0.2, 0.25) is 0 Å². The maximum absolute atomic E-state index is 12.4. The predicted octanol–water partition coefficient (Wildman–Crippen LogP) is 1.93. The summed E-state index contributed by atoms with van der Waals surface area (Å²) in [7, 11) is 1.74. The smallest absolute Gasteiger partial charge is 0.327 e. The lowest BCUT2D eigenvalue weighted by molar-refractivity contribution is -0.141. The van der Waals surface area contributed by atoms with E-state index in [4.69, 9.17) is 5.11 Å². The zero-order chi connectivity index (χ0) is 14.0. The molecule has 1 heterocycles. The number of hydrogen-bond donors (Lipinski definition) is 1. The van der Waals surface area contributed by atoms with Gasteiger partial charge in [0, 0.05) is 18.8 Å². The van der Waals surface area contributed by atoms with Crippen molar-refractivity contribution in [2.24, 2.45) is 5.92 Å². The van der Waals surface area contributed by atoms with E-state index in [-0.39, 0.29) is 17.4 Å². The van der Waals surface area contributed by atoms with E-state index in [0.717, 1.165) is 0 Å². The number of carbonyl (C=O) groups excluding carboxylic acids is 1. The molecule has 2 amide bonds. The molecule has 0 aromatic carbocycles. The molecule has 1 fully saturated rings. The molecule has 1 saturated heterocycles. The van der Waals surface area contributed by atoms with Crippen LogP contribution in [0.4, 0.5) is 4.79 Å². The molecule has 104 valence electrons. The highest BCUT2D eigenvalue weighted by atomic mass is 32.2. The summed E-state index contributed by atoms with van der Waals surface area (Å²) in [6.07, 6.45) is 0. The lowest BCUT2D eigenvalue weighted by Gasteiger charge is -2.34. The Morgan fingerprint density at radius 3 is 2.39 bits per heavy atom. The number of carbonyl (C=O) groups is 2. The van der Waals surface area contributed by atoms with Crippen LogP contribution in [0.5, 0.6) is 0 Å². The van der Waals surface area contributed by atoms with Gasteiger partial charge in [-0.3, -0.25) is 4.90 Å². The average Bonchev–Trinajstić information content (AvgIpc) is 2.68. The van der Waals surface area contributed by atoms with Gasteiger partial charge in [0.25, 0.3) is 0 Å². The van der Waals surface area contributed by atoms with Crippen molar-refractivity contribution in [1.82, 2.24) is 9.80 Å². The maximum Gasteiger partial charge on any atom is 0.327 e. The van der Waals surface area contributed by atoms with E-state index < -0.39 is 12.0 Å². The molecule has 6 heteroatoms. The zero-order valence-corrected chi connectivity index (χ0v) is 12.4. The summed E-state index contributed by atoms with van der Waals surface area (Å²) in [4.78, 5) is 26.7. The molecule has 18 heavy (non-hydrogen) atoms. The van der Waals surface area contributed by atoms with Gasteiger partial charge in [0.15, 0.2) is 0 Å². The molecule has 0 radical (unpaired) electrons. The zero-order valence-electron chi connectivity index (χ0n) is 11.6. The Balaban J connectivity index is 2.84. The molecule has 5 nitrogen and oxygen atoms in total. The fourth-order valence-electron chi connectivity index (χ4n) is 1.93. The number of carboxylic acid groups (broad SMARTS) is 1. The first-order valence-electron chi connectivity index (χ1n) is 6.16. The average molecular weight is 274 g/mol. The standard InChI is InChI=1S/C12H22N2O3S/c1-7(2)8(3)13(5)12(17)14-9(4)18-6-10(14)11(15)16/h7-10H,6H2,1-5H3,(H,15,16). The molecule has 0 spiro atoms. The molecule has 0 aliphatic carbocycles. The fourth-order valence-corrected chi connectivity index (χ4v) is 3.09. The molecule has 0 saturated carbocycles. The number of rotatable bonds is 3. The summed E-state index contributed by atoms with van der Waals surface area (Å²) in [6, 6.07) is -0.815. The first-order valence-corrected chi connectivity index (χ1v) is 7.21. The van der Waals surface area contributed by atoms with Crippen molar-refractivity contribution in [3.63, 3.8) is 0 Å². The molecule has 0 bridgehead atoms. The van der Waals surface area contributed by atoms with Crippen LogP contribution in [0.1, 0.15) is 27.7 Å². The van der Waals surface area contributed by atoms with Crippen molar-refractivity contribution in [1.29, 1.82) is 0 Å². The molecule has 1 aliphatic heterocycles. The molecule has 1 N–H and O–H groups in total. The van der Waals surface area contributed by atoms with Crippen LogP contribution in [-0.4, -0.2) is 57.2 Å². The van der Waals surface area contributed by atoms with Crippen molar-refractivity contribution >= 4 is 23.8 Å². The summed E-state index contributed by atoms with van der Waals surface area (Å²) in [6.45, 7) is 7.95. The number of nitrogens with zero attached hydrogens (tertiary/aromatic N) is 2. The number of carboxylic acids is 1. The van der Waals surface area contributed by atoms with Crippen LogP contribution in [0.3, 0.4) is 0 Å². The lowest BCUT2D eigenvalue weighted by Crippen LogP contribution is -2.52. The van der Waals surface area contributed by atoms with Crippen LogP contribution in [-0.2, 0) is 4.79 Å². The minimum absolute atomic E-state index is 0.0830. The molecule has 3 unspecified atom stereocenters. The van der Waals surface area contributed by atoms with E-state index in [1.165, 1.54) is 16.7 Å². The van der Waals surface area contributed by atoms with Gasteiger partial charge in [-0.05, 0) is 19.8 Å². The Labute approximate surface area is 113 Å². The Morgan fingerprint density at radius 1 is 1.39 bits per heavy atom. The van der Waals surface area contributed by atoms with Crippen LogP contribution in [0.25, 0.3) is 0 Å². The Morgan fingerprint density at radius 2 is 1.94 bits per heavy atom. The van der Waals surface area contributed by atoms with E-state index in [1.807, 2.05) is 27.7 Å². The van der Waals surface area contributed by atoms with Crippen molar-refractivity contribution in [2.45, 2.75) is 45.2 Å². The summed E-state index contributed by atoms with van der Waals surface area (Å²) in [5, 5.41) is 9.07. The topological polar surface area (TPSA) is 60.9 Å². The van der Waals surface area contributed by atoms with Gasteiger partial charge in [-0.2, -0.15) is 0 Å². The lowest BCUT2D eigenvalue weighted by atomic mass is 10.1. The van der Waals surface area contributed by atoms with Crippen LogP contribution >= 0.6 is 11.8 Å². The number of urea groups is 1. The third-order valence-corrected chi connectivity index (χ3v) is 4.82. The van der Waals surface area contributed by atoms with Gasteiger partial charge in [-0.25, -0.2) is 9.59 Å². The summed E-state index contributed by atoms with van der Waals surface area (Å²) in [5.41, 5.74) is 0. The summed E-state index contributed by atoms with van der Waals surface area (Å²) >= 11 is 1.51. The summed E-state index contributed by atoms with van der Waals surface area (Å²) < 4.78 is 0. The van der Waals surface area contributed by atoms with Crippen molar-refractivity contribution in [3.8, 4) is 0 Å². The molecular weight excluding hydrogens is 252 g/mol. The molecule has 0 aromatic rings. The van der Waals surface area contributed by atoms with Gasteiger partial charge in [0.2, 0.25) is 0 Å². The van der Waals surface area contributed by atoms with E-state index in [0.29, 0.717) is 11.7 Å². The Bertz CT molecular complexity index is 335. The first kappa shape index (κ1) is 15.1. The monoisotopic (exact) mass is 274 g/mol. The van der Waals surface area contributed by atoms with Gasteiger partial charge in [0.05, 0.1) is 5.37 Å². The summed E-state index contributed by atoms with van der Waals surface area (Å²) in [5.74, 6) is -0.120. The van der Waals surface area contributed by atoms with Gasteiger partial charge in [-0.1, -0.05) is 13.8 Å². The quantitative estimate of drug-likeness (QED) is 0.854. The number of thioether (sulfide) groups is 1. The molecular formula is C12H22N2O3S. The highest BCUT2D eigenvalue weighted by Crippen LogP contribution is 2.30. The van der Waals surface area contributed by atoms with Gasteiger partial charge < -0.3 is 10.0 Å².